The van der Waals surface area contributed by atoms with Gasteiger partial charge in [-0.2, -0.15) is 0 Å². The molecule has 1 aromatic rings. The van der Waals surface area contributed by atoms with Gasteiger partial charge in [0.15, 0.2) is 0 Å². The SMILES string of the molecule is Cc1cnc2c(n1)C(C)(C)CN2. The standard InChI is InChI=1S/C9H13N3/c1-6-4-10-8-7(12-6)9(2,3)5-11-8/h4H,5H2,1-3H3,(H,10,11). The molecule has 2 rings (SSSR count). The van der Waals surface area contributed by atoms with Crippen LogP contribution in [-0.2, 0) is 5.41 Å². The molecule has 0 saturated heterocycles. The molecule has 1 aliphatic heterocycles. The minimum atomic E-state index is 0.133. The first-order valence-corrected chi connectivity index (χ1v) is 4.17. The predicted octanol–water partition coefficient (Wildman–Crippen LogP) is 1.49. The molecule has 0 saturated carbocycles. The molecule has 0 aliphatic carbocycles. The molecular formula is C9H13N3. The summed E-state index contributed by atoms with van der Waals surface area (Å²) in [6.45, 7) is 7.27. The van der Waals surface area contributed by atoms with E-state index in [0.717, 1.165) is 23.8 Å². The number of hydrogen-bond donors (Lipinski definition) is 1. The van der Waals surface area contributed by atoms with Crippen molar-refractivity contribution in [1.82, 2.24) is 9.97 Å². The molecule has 3 nitrogen and oxygen atoms in total. The predicted molar refractivity (Wildman–Crippen MR) is 48.3 cm³/mol. The second-order valence-corrected chi connectivity index (χ2v) is 3.95. The molecule has 0 bridgehead atoms. The van der Waals surface area contributed by atoms with Crippen molar-refractivity contribution in [2.75, 3.05) is 11.9 Å². The normalized spacial score (nSPS) is 18.6. The molecule has 0 spiro atoms. The van der Waals surface area contributed by atoms with Crippen LogP contribution in [0.3, 0.4) is 0 Å². The van der Waals surface area contributed by atoms with Crippen LogP contribution in [0.5, 0.6) is 0 Å². The average Bonchev–Trinajstić information content (AvgIpc) is 2.28. The van der Waals surface area contributed by atoms with Crippen LogP contribution in [0.15, 0.2) is 6.20 Å². The van der Waals surface area contributed by atoms with Crippen molar-refractivity contribution in [3.63, 3.8) is 0 Å². The first kappa shape index (κ1) is 7.53. The number of hydrogen-bond acceptors (Lipinski definition) is 3. The highest BCUT2D eigenvalue weighted by molar-refractivity contribution is 5.50. The zero-order valence-corrected chi connectivity index (χ0v) is 7.68. The zero-order chi connectivity index (χ0) is 8.77. The summed E-state index contributed by atoms with van der Waals surface area (Å²) in [4.78, 5) is 8.76. The molecule has 1 aromatic heterocycles. The van der Waals surface area contributed by atoms with Crippen molar-refractivity contribution in [3.05, 3.63) is 17.6 Å². The number of aryl methyl sites for hydroxylation is 1. The van der Waals surface area contributed by atoms with Crippen LogP contribution in [0.4, 0.5) is 5.82 Å². The van der Waals surface area contributed by atoms with Gasteiger partial charge in [-0.25, -0.2) is 4.98 Å². The first-order valence-electron chi connectivity index (χ1n) is 4.17. The highest BCUT2D eigenvalue weighted by atomic mass is 15.1. The highest BCUT2D eigenvalue weighted by Gasteiger charge is 2.32. The Hall–Kier alpha value is -1.12. The van der Waals surface area contributed by atoms with Gasteiger partial charge in [-0.15, -0.1) is 0 Å². The Kier molecular flexibility index (Phi) is 1.37. The van der Waals surface area contributed by atoms with Crippen molar-refractivity contribution in [1.29, 1.82) is 0 Å². The fraction of sp³-hybridized carbons (Fsp3) is 0.556. The van der Waals surface area contributed by atoms with Gasteiger partial charge in [-0.05, 0) is 6.92 Å². The van der Waals surface area contributed by atoms with E-state index in [1.165, 1.54) is 0 Å². The van der Waals surface area contributed by atoms with Crippen LogP contribution in [-0.4, -0.2) is 16.5 Å². The molecule has 1 N–H and O–H groups in total. The van der Waals surface area contributed by atoms with Crippen LogP contribution in [0.1, 0.15) is 25.2 Å². The lowest BCUT2D eigenvalue weighted by molar-refractivity contribution is 0.566. The van der Waals surface area contributed by atoms with Gasteiger partial charge in [0.05, 0.1) is 17.6 Å². The number of nitrogens with one attached hydrogen (secondary N) is 1. The van der Waals surface area contributed by atoms with Crippen LogP contribution >= 0.6 is 0 Å². The molecule has 64 valence electrons. The van der Waals surface area contributed by atoms with Gasteiger partial charge >= 0.3 is 0 Å². The summed E-state index contributed by atoms with van der Waals surface area (Å²) in [6.07, 6.45) is 1.80. The Morgan fingerprint density at radius 1 is 1.50 bits per heavy atom. The Balaban J connectivity index is 2.57. The van der Waals surface area contributed by atoms with E-state index < -0.39 is 0 Å². The highest BCUT2D eigenvalue weighted by Crippen LogP contribution is 2.32. The summed E-state index contributed by atoms with van der Waals surface area (Å²) >= 11 is 0. The van der Waals surface area contributed by atoms with Gasteiger partial charge < -0.3 is 5.32 Å². The summed E-state index contributed by atoms with van der Waals surface area (Å²) in [7, 11) is 0. The first-order chi connectivity index (χ1) is 5.59. The van der Waals surface area contributed by atoms with E-state index in [-0.39, 0.29) is 5.41 Å². The van der Waals surface area contributed by atoms with Crippen LogP contribution in [0, 0.1) is 6.92 Å². The maximum Gasteiger partial charge on any atom is 0.148 e. The Labute approximate surface area is 72.2 Å². The van der Waals surface area contributed by atoms with Crippen molar-refractivity contribution >= 4 is 5.82 Å². The topological polar surface area (TPSA) is 37.8 Å². The molecule has 1 aliphatic rings. The van der Waals surface area contributed by atoms with E-state index in [4.69, 9.17) is 0 Å². The number of nitrogens with zero attached hydrogens (tertiary/aromatic N) is 2. The minimum absolute atomic E-state index is 0.133. The molecule has 0 atom stereocenters. The molecule has 3 heteroatoms. The van der Waals surface area contributed by atoms with Crippen LogP contribution < -0.4 is 5.32 Å². The number of fused-ring (bicyclic) bond motifs is 1. The largest absolute Gasteiger partial charge is 0.368 e. The summed E-state index contributed by atoms with van der Waals surface area (Å²) in [5, 5.41) is 3.24. The molecule has 0 aromatic carbocycles. The fourth-order valence-electron chi connectivity index (χ4n) is 1.47. The van der Waals surface area contributed by atoms with Gasteiger partial charge in [0.25, 0.3) is 0 Å². The van der Waals surface area contributed by atoms with Gasteiger partial charge in [-0.1, -0.05) is 13.8 Å². The minimum Gasteiger partial charge on any atom is -0.368 e. The van der Waals surface area contributed by atoms with E-state index in [1.807, 2.05) is 6.92 Å². The van der Waals surface area contributed by atoms with E-state index in [0.29, 0.717) is 0 Å². The van der Waals surface area contributed by atoms with Crippen molar-refractivity contribution in [2.24, 2.45) is 0 Å². The maximum absolute atomic E-state index is 4.48. The van der Waals surface area contributed by atoms with Gasteiger partial charge in [0.1, 0.15) is 5.82 Å². The lowest BCUT2D eigenvalue weighted by Crippen LogP contribution is -2.20. The van der Waals surface area contributed by atoms with Crippen molar-refractivity contribution < 1.29 is 0 Å². The smallest absolute Gasteiger partial charge is 0.148 e. The molecule has 12 heavy (non-hydrogen) atoms. The maximum atomic E-state index is 4.48. The van der Waals surface area contributed by atoms with Crippen molar-refractivity contribution in [3.8, 4) is 0 Å². The molecule has 0 unspecified atom stereocenters. The third kappa shape index (κ3) is 0.967. The summed E-state index contributed by atoms with van der Waals surface area (Å²) < 4.78 is 0. The Morgan fingerprint density at radius 2 is 2.25 bits per heavy atom. The third-order valence-corrected chi connectivity index (χ3v) is 2.23. The monoisotopic (exact) mass is 163 g/mol. The second kappa shape index (κ2) is 2.19. The van der Waals surface area contributed by atoms with Crippen LogP contribution in [0.25, 0.3) is 0 Å². The third-order valence-electron chi connectivity index (χ3n) is 2.23. The fourth-order valence-corrected chi connectivity index (χ4v) is 1.47. The molecular weight excluding hydrogens is 150 g/mol. The van der Waals surface area contributed by atoms with Gasteiger partial charge in [-0.3, -0.25) is 4.98 Å². The molecule has 0 amide bonds. The lowest BCUT2D eigenvalue weighted by Gasteiger charge is -2.14. The van der Waals surface area contributed by atoms with E-state index in [1.54, 1.807) is 6.20 Å². The van der Waals surface area contributed by atoms with Crippen molar-refractivity contribution in [2.45, 2.75) is 26.2 Å². The van der Waals surface area contributed by atoms with E-state index >= 15 is 0 Å². The molecule has 2 heterocycles. The van der Waals surface area contributed by atoms with E-state index in [2.05, 4.69) is 29.1 Å². The zero-order valence-electron chi connectivity index (χ0n) is 7.68. The second-order valence-electron chi connectivity index (χ2n) is 3.95. The molecule has 0 fully saturated rings. The number of anilines is 1. The summed E-state index contributed by atoms with van der Waals surface area (Å²) in [5.74, 6) is 0.950. The van der Waals surface area contributed by atoms with Crippen LogP contribution in [0.2, 0.25) is 0 Å². The van der Waals surface area contributed by atoms with Gasteiger partial charge in [0, 0.05) is 12.0 Å². The van der Waals surface area contributed by atoms with Gasteiger partial charge in [0.2, 0.25) is 0 Å². The quantitative estimate of drug-likeness (QED) is 0.629. The number of aromatic nitrogens is 2. The summed E-state index contributed by atoms with van der Waals surface area (Å²) in [5.41, 5.74) is 2.22. The molecule has 0 radical (unpaired) electrons. The average molecular weight is 163 g/mol. The Morgan fingerprint density at radius 3 is 3.00 bits per heavy atom. The number of rotatable bonds is 0. The lowest BCUT2D eigenvalue weighted by atomic mass is 9.92. The Bertz CT molecular complexity index is 318. The van der Waals surface area contributed by atoms with E-state index in [9.17, 15) is 0 Å². The summed E-state index contributed by atoms with van der Waals surface area (Å²) in [6, 6.07) is 0.